The second kappa shape index (κ2) is 8.14. The van der Waals surface area contributed by atoms with Crippen LogP contribution in [0.25, 0.3) is 0 Å². The molecule has 0 unspecified atom stereocenters. The molecule has 0 spiro atoms. The van der Waals surface area contributed by atoms with Crippen molar-refractivity contribution in [2.75, 3.05) is 5.32 Å². The molecule has 1 aromatic carbocycles. The van der Waals surface area contributed by atoms with E-state index in [-0.39, 0.29) is 56.7 Å². The van der Waals surface area contributed by atoms with Crippen molar-refractivity contribution in [1.29, 1.82) is 0 Å². The maximum absolute atomic E-state index is 9.80. The summed E-state index contributed by atoms with van der Waals surface area (Å²) in [6.45, 7) is 1.96. The summed E-state index contributed by atoms with van der Waals surface area (Å²) < 4.78 is 0. The van der Waals surface area contributed by atoms with Crippen molar-refractivity contribution in [3.63, 3.8) is 0 Å². The zero-order valence-electron chi connectivity index (χ0n) is 6.63. The molecule has 0 bridgehead atoms. The van der Waals surface area contributed by atoms with Gasteiger partial charge in [-0.15, -0.1) is 24.0 Å². The molecule has 1 radical (unpaired) electrons. The summed E-state index contributed by atoms with van der Waals surface area (Å²) >= 11 is 0. The van der Waals surface area contributed by atoms with E-state index in [0.717, 1.165) is 5.56 Å². The van der Waals surface area contributed by atoms with E-state index < -0.39 is 0 Å². The minimum absolute atomic E-state index is 0. The van der Waals surface area contributed by atoms with Crippen molar-refractivity contribution < 1.29 is 37.5 Å². The van der Waals surface area contributed by atoms with Gasteiger partial charge in [-0.2, -0.15) is 17.7 Å². The van der Waals surface area contributed by atoms with Gasteiger partial charge in [0.1, 0.15) is 0 Å². The summed E-state index contributed by atoms with van der Waals surface area (Å²) in [4.78, 5) is 9.80. The molecule has 12 heavy (non-hydrogen) atoms. The molecule has 0 saturated carbocycles. The standard InChI is InChI=1S/C8H7NO.HI.Y/c1-7-2-4-8(5-3-7)9-6-10;;/h2-4H,1H3,(H,9,10);1H;/q-2;;. The van der Waals surface area contributed by atoms with E-state index >= 15 is 0 Å². The topological polar surface area (TPSA) is 29.1 Å². The SMILES string of the molecule is Cc1c[c-]c(N[C-]=O)cc1.I.[Y]. The van der Waals surface area contributed by atoms with Gasteiger partial charge in [0, 0.05) is 32.7 Å². The van der Waals surface area contributed by atoms with Crippen molar-refractivity contribution in [3.8, 4) is 0 Å². The minimum atomic E-state index is 0. The Bertz CT molecular complexity index is 225. The molecule has 2 nitrogen and oxygen atoms in total. The van der Waals surface area contributed by atoms with Crippen LogP contribution in [0.2, 0.25) is 0 Å². The molecule has 0 fully saturated rings. The molecule has 63 valence electrons. The molecule has 1 amide bonds. The van der Waals surface area contributed by atoms with E-state index in [4.69, 9.17) is 0 Å². The number of nitrogens with one attached hydrogen (secondary N) is 1. The number of aryl methyl sites for hydroxylation is 1. The van der Waals surface area contributed by atoms with Gasteiger partial charge >= 0.3 is 0 Å². The Morgan fingerprint density at radius 1 is 1.50 bits per heavy atom. The zero-order chi connectivity index (χ0) is 7.40. The summed E-state index contributed by atoms with van der Waals surface area (Å²) in [5.74, 6) is 0. The molecule has 0 atom stereocenters. The molecule has 0 aliphatic rings. The van der Waals surface area contributed by atoms with Crippen LogP contribution in [0.15, 0.2) is 18.2 Å². The van der Waals surface area contributed by atoms with Crippen LogP contribution in [0.3, 0.4) is 0 Å². The monoisotopic (exact) mass is 350 g/mol. The van der Waals surface area contributed by atoms with Crippen LogP contribution in [0.4, 0.5) is 5.69 Å². The summed E-state index contributed by atoms with van der Waals surface area (Å²) in [7, 11) is 0. The van der Waals surface area contributed by atoms with Crippen LogP contribution in [0.5, 0.6) is 0 Å². The number of rotatable bonds is 2. The number of benzene rings is 1. The van der Waals surface area contributed by atoms with Gasteiger partial charge in [0.15, 0.2) is 0 Å². The largest absolute Gasteiger partial charge is 0.511 e. The fourth-order valence-electron chi connectivity index (χ4n) is 0.635. The normalized spacial score (nSPS) is 7.42. The van der Waals surface area contributed by atoms with Gasteiger partial charge in [-0.25, -0.2) is 11.8 Å². The number of carbonyl (C=O) groups excluding carboxylic acids is 1. The summed E-state index contributed by atoms with van der Waals surface area (Å²) in [6, 6.07) is 8.35. The fraction of sp³-hybridized carbons (Fsp3) is 0.125. The quantitative estimate of drug-likeness (QED) is 0.493. The maximum Gasteiger partial charge on any atom is 0.0677 e. The van der Waals surface area contributed by atoms with Crippen LogP contribution in [-0.2, 0) is 37.5 Å². The zero-order valence-corrected chi connectivity index (χ0v) is 11.8. The molecule has 1 rings (SSSR count). The second-order valence-electron chi connectivity index (χ2n) is 2.01. The molecule has 1 aromatic rings. The van der Waals surface area contributed by atoms with E-state index in [1.54, 1.807) is 18.5 Å². The molecule has 0 heterocycles. The van der Waals surface area contributed by atoms with E-state index in [1.807, 2.05) is 13.0 Å². The number of anilines is 1. The first-order valence-electron chi connectivity index (χ1n) is 2.94. The van der Waals surface area contributed by atoms with Gasteiger partial charge in [0.2, 0.25) is 0 Å². The molecular weight excluding hydrogens is 342 g/mol. The Labute approximate surface area is 114 Å². The van der Waals surface area contributed by atoms with Crippen molar-refractivity contribution >= 4 is 36.1 Å². The van der Waals surface area contributed by atoms with Crippen LogP contribution < -0.4 is 5.32 Å². The fourth-order valence-corrected chi connectivity index (χ4v) is 0.635. The average Bonchev–Trinajstić information content (AvgIpc) is 1.95. The van der Waals surface area contributed by atoms with Crippen LogP contribution in [0.1, 0.15) is 5.56 Å². The van der Waals surface area contributed by atoms with E-state index in [9.17, 15) is 4.79 Å². The van der Waals surface area contributed by atoms with Crippen LogP contribution in [0, 0.1) is 13.0 Å². The number of halogens is 1. The van der Waals surface area contributed by atoms with Crippen LogP contribution in [-0.4, -0.2) is 6.41 Å². The average molecular weight is 350 g/mol. The molecule has 4 heteroatoms. The number of hydrogen-bond acceptors (Lipinski definition) is 1. The molecule has 0 aromatic heterocycles. The number of hydrogen-bond donors (Lipinski definition) is 1. The van der Waals surface area contributed by atoms with E-state index in [2.05, 4.69) is 11.4 Å². The van der Waals surface area contributed by atoms with Crippen molar-refractivity contribution in [3.05, 3.63) is 29.8 Å². The first kappa shape index (κ1) is 15.0. The smallest absolute Gasteiger partial charge is 0.0677 e. The van der Waals surface area contributed by atoms with Crippen LogP contribution >= 0.6 is 24.0 Å². The first-order chi connectivity index (χ1) is 4.83. The van der Waals surface area contributed by atoms with Gasteiger partial charge in [0.05, 0.1) is 6.41 Å². The van der Waals surface area contributed by atoms with Gasteiger partial charge in [0.25, 0.3) is 0 Å². The predicted molar refractivity (Wildman–Crippen MR) is 54.7 cm³/mol. The Hall–Kier alpha value is 0.524. The van der Waals surface area contributed by atoms with Crippen molar-refractivity contribution in [1.82, 2.24) is 0 Å². The second-order valence-corrected chi connectivity index (χ2v) is 2.01. The summed E-state index contributed by atoms with van der Waals surface area (Å²) in [5.41, 5.74) is 1.78. The van der Waals surface area contributed by atoms with Gasteiger partial charge in [-0.05, 0) is 0 Å². The molecular formula is C8H8INOY-2. The van der Waals surface area contributed by atoms with Gasteiger partial charge in [-0.3, -0.25) is 6.07 Å². The minimum Gasteiger partial charge on any atom is -0.511 e. The number of amides is 1. The summed E-state index contributed by atoms with van der Waals surface area (Å²) in [6.07, 6.45) is 1.57. The van der Waals surface area contributed by atoms with Crippen molar-refractivity contribution in [2.45, 2.75) is 6.92 Å². The first-order valence-corrected chi connectivity index (χ1v) is 2.94. The molecule has 0 aliphatic heterocycles. The third kappa shape index (κ3) is 5.22. The Balaban J connectivity index is 0. The third-order valence-electron chi connectivity index (χ3n) is 1.15. The third-order valence-corrected chi connectivity index (χ3v) is 1.15. The van der Waals surface area contributed by atoms with E-state index in [0.29, 0.717) is 5.69 Å². The van der Waals surface area contributed by atoms with Crippen molar-refractivity contribution in [2.24, 2.45) is 0 Å². The maximum atomic E-state index is 9.80. The van der Waals surface area contributed by atoms with Gasteiger partial charge in [-0.1, -0.05) is 6.92 Å². The molecule has 1 N–H and O–H groups in total. The van der Waals surface area contributed by atoms with Gasteiger partial charge < -0.3 is 10.1 Å². The predicted octanol–water partition coefficient (Wildman–Crippen LogP) is 1.89. The Morgan fingerprint density at radius 3 is 2.58 bits per heavy atom. The Morgan fingerprint density at radius 2 is 2.17 bits per heavy atom. The molecule has 0 saturated heterocycles. The Kier molecular flexibility index (Phi) is 10.2. The van der Waals surface area contributed by atoms with E-state index in [1.165, 1.54) is 0 Å². The summed E-state index contributed by atoms with van der Waals surface area (Å²) in [5, 5.41) is 2.37. The molecule has 0 aliphatic carbocycles.